The van der Waals surface area contributed by atoms with E-state index in [0.29, 0.717) is 11.4 Å². The fourth-order valence-corrected chi connectivity index (χ4v) is 3.33. The van der Waals surface area contributed by atoms with Gasteiger partial charge in [-0.3, -0.25) is 4.79 Å². The predicted molar refractivity (Wildman–Crippen MR) is 86.0 cm³/mol. The van der Waals surface area contributed by atoms with Crippen LogP contribution in [0.5, 0.6) is 0 Å². The molecule has 4 rings (SSSR count). The molecule has 0 unspecified atom stereocenters. The van der Waals surface area contributed by atoms with Crippen molar-refractivity contribution in [1.82, 2.24) is 14.8 Å². The Bertz CT molecular complexity index is 888. The molecule has 3 aromatic rings. The number of nitrogen functional groups attached to an aromatic ring is 1. The van der Waals surface area contributed by atoms with Crippen molar-refractivity contribution >= 4 is 22.6 Å². The van der Waals surface area contributed by atoms with E-state index in [1.807, 2.05) is 31.2 Å². The molecule has 5 nitrogen and oxygen atoms in total. The molecule has 22 heavy (non-hydrogen) atoms. The third kappa shape index (κ3) is 1.85. The van der Waals surface area contributed by atoms with Gasteiger partial charge in [0.2, 0.25) is 0 Å². The van der Waals surface area contributed by atoms with Gasteiger partial charge < -0.3 is 10.7 Å². The van der Waals surface area contributed by atoms with Crippen LogP contribution in [0.3, 0.4) is 0 Å². The molecule has 0 saturated carbocycles. The Morgan fingerprint density at radius 3 is 2.95 bits per heavy atom. The van der Waals surface area contributed by atoms with Crippen LogP contribution in [0.1, 0.15) is 40.2 Å². The number of hydrogen-bond donors (Lipinski definition) is 2. The molecule has 0 bridgehead atoms. The maximum atomic E-state index is 12.9. The molecule has 1 aliphatic rings. The highest BCUT2D eigenvalue weighted by atomic mass is 16.2. The van der Waals surface area contributed by atoms with Gasteiger partial charge in [-0.25, -0.2) is 0 Å². The molecule has 2 aromatic heterocycles. The van der Waals surface area contributed by atoms with E-state index in [4.69, 9.17) is 5.73 Å². The number of nitrogens with one attached hydrogen (secondary N) is 1. The maximum Gasteiger partial charge on any atom is 0.280 e. The van der Waals surface area contributed by atoms with Gasteiger partial charge in [0, 0.05) is 22.2 Å². The number of nitrogens with two attached hydrogens (primary N) is 1. The fourth-order valence-electron chi connectivity index (χ4n) is 3.33. The van der Waals surface area contributed by atoms with Crippen LogP contribution >= 0.6 is 0 Å². The van der Waals surface area contributed by atoms with Crippen LogP contribution < -0.4 is 5.73 Å². The van der Waals surface area contributed by atoms with Gasteiger partial charge in [-0.15, -0.1) is 0 Å². The maximum absolute atomic E-state index is 12.9. The van der Waals surface area contributed by atoms with Crippen LogP contribution in [-0.4, -0.2) is 20.7 Å². The summed E-state index contributed by atoms with van der Waals surface area (Å²) in [7, 11) is 0. The highest BCUT2D eigenvalue weighted by Crippen LogP contribution is 2.27. The average Bonchev–Trinajstić information content (AvgIpc) is 3.06. The Kier molecular flexibility index (Phi) is 2.82. The molecule has 0 aliphatic heterocycles. The van der Waals surface area contributed by atoms with E-state index in [-0.39, 0.29) is 5.91 Å². The van der Waals surface area contributed by atoms with E-state index < -0.39 is 0 Å². The van der Waals surface area contributed by atoms with Gasteiger partial charge in [-0.1, -0.05) is 6.07 Å². The summed E-state index contributed by atoms with van der Waals surface area (Å²) in [5, 5.41) is 5.39. The van der Waals surface area contributed by atoms with Crippen LogP contribution in [0.15, 0.2) is 24.3 Å². The van der Waals surface area contributed by atoms with Crippen LogP contribution in [0, 0.1) is 6.92 Å². The Hall–Kier alpha value is -2.56. The summed E-state index contributed by atoms with van der Waals surface area (Å²) in [6.07, 6.45) is 4.06. The minimum Gasteiger partial charge on any atom is -0.383 e. The number of aromatic nitrogens is 3. The SMILES string of the molecule is Cc1cc2c(C(=O)n3nc4c(c3N)CCCC4)cccc2[nH]1. The zero-order valence-electron chi connectivity index (χ0n) is 12.5. The summed E-state index contributed by atoms with van der Waals surface area (Å²) in [4.78, 5) is 16.2. The van der Waals surface area contributed by atoms with Crippen LogP contribution in [0.2, 0.25) is 0 Å². The average molecular weight is 294 g/mol. The summed E-state index contributed by atoms with van der Waals surface area (Å²) in [5.41, 5.74) is 10.8. The first kappa shape index (κ1) is 13.1. The zero-order valence-corrected chi connectivity index (χ0v) is 12.5. The van der Waals surface area contributed by atoms with Gasteiger partial charge in [0.05, 0.1) is 11.3 Å². The molecule has 0 radical (unpaired) electrons. The summed E-state index contributed by atoms with van der Waals surface area (Å²) < 4.78 is 1.38. The second-order valence-electron chi connectivity index (χ2n) is 5.95. The van der Waals surface area contributed by atoms with Gasteiger partial charge in [0.1, 0.15) is 5.82 Å². The summed E-state index contributed by atoms with van der Waals surface area (Å²) in [5.74, 6) is 0.348. The van der Waals surface area contributed by atoms with Crippen molar-refractivity contribution in [3.63, 3.8) is 0 Å². The number of aromatic amines is 1. The lowest BCUT2D eigenvalue weighted by Crippen LogP contribution is -2.16. The lowest BCUT2D eigenvalue weighted by Gasteiger charge is -2.08. The zero-order chi connectivity index (χ0) is 15.3. The van der Waals surface area contributed by atoms with Gasteiger partial charge in [0.15, 0.2) is 0 Å². The van der Waals surface area contributed by atoms with E-state index in [2.05, 4.69) is 10.1 Å². The molecule has 5 heteroatoms. The van der Waals surface area contributed by atoms with Crippen molar-refractivity contribution < 1.29 is 4.79 Å². The van der Waals surface area contributed by atoms with Crippen molar-refractivity contribution in [2.24, 2.45) is 0 Å². The molecule has 112 valence electrons. The Labute approximate surface area is 128 Å². The molecule has 1 aromatic carbocycles. The van der Waals surface area contributed by atoms with E-state index in [9.17, 15) is 4.79 Å². The third-order valence-electron chi connectivity index (χ3n) is 4.42. The highest BCUT2D eigenvalue weighted by molar-refractivity contribution is 6.08. The first-order valence-electron chi connectivity index (χ1n) is 7.64. The summed E-state index contributed by atoms with van der Waals surface area (Å²) in [6, 6.07) is 7.67. The molecule has 0 saturated heterocycles. The van der Waals surface area contributed by atoms with Gasteiger partial charge in [-0.2, -0.15) is 9.78 Å². The van der Waals surface area contributed by atoms with E-state index in [1.54, 1.807) is 0 Å². The van der Waals surface area contributed by atoms with Crippen molar-refractivity contribution in [3.8, 4) is 0 Å². The molecule has 2 heterocycles. The number of nitrogens with zero attached hydrogens (tertiary/aromatic N) is 2. The molecule has 0 atom stereocenters. The van der Waals surface area contributed by atoms with Crippen LogP contribution in [0.25, 0.3) is 10.9 Å². The van der Waals surface area contributed by atoms with Gasteiger partial charge in [0.25, 0.3) is 5.91 Å². The largest absolute Gasteiger partial charge is 0.383 e. The van der Waals surface area contributed by atoms with Gasteiger partial charge >= 0.3 is 0 Å². The number of hydrogen-bond acceptors (Lipinski definition) is 3. The number of fused-ring (bicyclic) bond motifs is 2. The standard InChI is InChI=1S/C17H18N4O/c1-10-9-13-11(6-4-8-14(13)19-10)17(22)21-16(18)12-5-2-3-7-15(12)20-21/h4,6,8-9,19H,2-3,5,7,18H2,1H3. The Morgan fingerprint density at radius 1 is 1.32 bits per heavy atom. The van der Waals surface area contributed by atoms with E-state index >= 15 is 0 Å². The number of aryl methyl sites for hydroxylation is 2. The molecule has 1 aliphatic carbocycles. The monoisotopic (exact) mass is 294 g/mol. The number of anilines is 1. The summed E-state index contributed by atoms with van der Waals surface area (Å²) in [6.45, 7) is 1.98. The Morgan fingerprint density at radius 2 is 2.14 bits per heavy atom. The molecule has 0 amide bonds. The molecule has 0 fully saturated rings. The van der Waals surface area contributed by atoms with Crippen molar-refractivity contribution in [2.75, 3.05) is 5.73 Å². The molecule has 3 N–H and O–H groups in total. The second kappa shape index (κ2) is 4.73. The fraction of sp³-hybridized carbons (Fsp3) is 0.294. The van der Waals surface area contributed by atoms with Crippen LogP contribution in [-0.2, 0) is 12.8 Å². The third-order valence-corrected chi connectivity index (χ3v) is 4.42. The minimum absolute atomic E-state index is 0.156. The lowest BCUT2D eigenvalue weighted by molar-refractivity contribution is 0.0949. The predicted octanol–water partition coefficient (Wildman–Crippen LogP) is 2.82. The minimum atomic E-state index is -0.156. The number of rotatable bonds is 1. The molecular weight excluding hydrogens is 276 g/mol. The second-order valence-corrected chi connectivity index (χ2v) is 5.95. The lowest BCUT2D eigenvalue weighted by atomic mass is 9.98. The first-order chi connectivity index (χ1) is 10.6. The first-order valence-corrected chi connectivity index (χ1v) is 7.64. The quantitative estimate of drug-likeness (QED) is 0.724. The van der Waals surface area contributed by atoms with Crippen molar-refractivity contribution in [2.45, 2.75) is 32.6 Å². The van der Waals surface area contributed by atoms with Crippen molar-refractivity contribution in [1.29, 1.82) is 0 Å². The van der Waals surface area contributed by atoms with Crippen LogP contribution in [0.4, 0.5) is 5.82 Å². The van der Waals surface area contributed by atoms with E-state index in [1.165, 1.54) is 4.68 Å². The topological polar surface area (TPSA) is 76.7 Å². The molecular formula is C17H18N4O. The number of benzene rings is 1. The number of carbonyl (C=O) groups is 1. The van der Waals surface area contributed by atoms with Gasteiger partial charge in [-0.05, 0) is 50.8 Å². The normalized spacial score (nSPS) is 14.2. The number of H-pyrrole nitrogens is 1. The highest BCUT2D eigenvalue weighted by Gasteiger charge is 2.23. The van der Waals surface area contributed by atoms with E-state index in [0.717, 1.165) is 53.5 Å². The summed E-state index contributed by atoms with van der Waals surface area (Å²) >= 11 is 0. The molecule has 0 spiro atoms. The Balaban J connectivity index is 1.85. The van der Waals surface area contributed by atoms with Crippen molar-refractivity contribution in [3.05, 3.63) is 46.8 Å². The smallest absolute Gasteiger partial charge is 0.280 e. The number of carbonyl (C=O) groups excluding carboxylic acids is 1.